The van der Waals surface area contributed by atoms with Crippen LogP contribution in [0.25, 0.3) is 0 Å². The molecule has 0 heterocycles. The first-order chi connectivity index (χ1) is 14.5. The van der Waals surface area contributed by atoms with Gasteiger partial charge < -0.3 is 0 Å². The van der Waals surface area contributed by atoms with Crippen LogP contribution < -0.4 is 0 Å². The van der Waals surface area contributed by atoms with Gasteiger partial charge >= 0.3 is 435 Å². The molecule has 224 valence electrons. The monoisotopic (exact) mass is 4060 g/mol. The van der Waals surface area contributed by atoms with Crippen molar-refractivity contribution in [2.24, 2.45) is 0 Å². The molecule has 32 heteroatoms. The van der Waals surface area contributed by atoms with Crippen molar-refractivity contribution in [1.82, 2.24) is 0 Å². The van der Waals surface area contributed by atoms with Gasteiger partial charge in [-0.2, -0.15) is 0 Å². The molecule has 0 amide bonds. The molecule has 0 N–H and O–H groups in total. The van der Waals surface area contributed by atoms with Gasteiger partial charge in [-0.1, -0.05) is 0 Å². The van der Waals surface area contributed by atoms with E-state index in [0.29, 0.717) is 0 Å². The Kier molecular flexibility index (Phi) is 57.3. The molecule has 0 aromatic rings. The van der Waals surface area contributed by atoms with E-state index in [9.17, 15) is 0 Å². The topological polar surface area (TPSA) is 0 Å². The van der Waals surface area contributed by atoms with Gasteiger partial charge in [0, 0.05) is 0 Å². The van der Waals surface area contributed by atoms with Crippen LogP contribution >= 0.6 is 435 Å². The summed E-state index contributed by atoms with van der Waals surface area (Å²) in [5.41, 5.74) is 0. The van der Waals surface area contributed by atoms with Crippen molar-refractivity contribution < 1.29 is 0 Å². The zero-order valence-corrected chi connectivity index (χ0v) is 81.1. The molecule has 0 unspecified atom stereocenters. The summed E-state index contributed by atoms with van der Waals surface area (Å²) in [7, 11) is -7.10. The average Bonchev–Trinajstić information content (AvgIpc) is 2.76. The fraction of sp³-hybridized carbons (Fsp3) is 0. The summed E-state index contributed by atoms with van der Waals surface area (Å²) >= 11 is 53.7. The third-order valence-electron chi connectivity index (χ3n) is 1.14. The first kappa shape index (κ1) is 55.4. The number of halogens is 32. The summed E-state index contributed by atoms with van der Waals surface area (Å²) in [4.78, 5) is 0. The van der Waals surface area contributed by atoms with Crippen LogP contribution in [0.4, 0.5) is 0 Å². The number of rotatable bonds is 14. The third kappa shape index (κ3) is 23.2. The van der Waals surface area contributed by atoms with Gasteiger partial charge in [0.15, 0.2) is 0 Å². The molecule has 0 bridgehead atoms. The second kappa shape index (κ2) is 33.1. The predicted molar refractivity (Wildman–Crippen MR) is 449 cm³/mol. The molecule has 0 nitrogen and oxygen atoms in total. The van der Waals surface area contributed by atoms with Gasteiger partial charge in [0.25, 0.3) is 0 Å². The van der Waals surface area contributed by atoms with Crippen molar-refractivity contribution in [1.29, 1.82) is 0 Å². The van der Waals surface area contributed by atoms with Gasteiger partial charge in [0.2, 0.25) is 0 Å². The second-order valence-electron chi connectivity index (χ2n) is 2.43. The molecule has 0 spiro atoms. The van der Waals surface area contributed by atoms with E-state index in [0.717, 1.165) is 0 Å². The molecule has 0 saturated carbocycles. The Morgan fingerprint density at radius 2 is 0.250 bits per heavy atom. The van der Waals surface area contributed by atoms with Gasteiger partial charge in [-0.15, -0.1) is 0 Å². The van der Waals surface area contributed by atoms with Gasteiger partial charge in [0.1, 0.15) is 0 Å². The van der Waals surface area contributed by atoms with Crippen molar-refractivity contribution in [3.63, 3.8) is 0 Å². The molecule has 0 radical (unpaired) electrons. The fourth-order valence-electron chi connectivity index (χ4n) is 0.401. The van der Waals surface area contributed by atoms with E-state index in [-0.39, 0.29) is 0 Å². The van der Waals surface area contributed by atoms with Gasteiger partial charge in [-0.05, 0) is 0 Å². The molecular weight excluding hydrogens is 4060 g/mol. The zero-order chi connectivity index (χ0) is 25.7. The third-order valence-corrected chi connectivity index (χ3v) is 2310. The maximum atomic E-state index is 3.29. The Bertz CT molecular complexity index is 446. The SMILES string of the molecule is II(I)I(I)I(I)I(I)I(I)I(I)I(I)I(I)I(I)I(I)I(I)I(I)I(I)I(I)I(I)I. The molecule has 0 rings (SSSR count). The summed E-state index contributed by atoms with van der Waals surface area (Å²) in [6, 6.07) is 0. The molecule has 0 aliphatic rings. The van der Waals surface area contributed by atoms with Gasteiger partial charge in [-0.25, -0.2) is 0 Å². The Morgan fingerprint density at radius 3 is 0.344 bits per heavy atom. The first-order valence-electron chi connectivity index (χ1n) is 4.43. The van der Waals surface area contributed by atoms with E-state index in [1.807, 2.05) is 0 Å². The van der Waals surface area contributed by atoms with Crippen molar-refractivity contribution in [2.45, 2.75) is 0 Å². The summed E-state index contributed by atoms with van der Waals surface area (Å²) in [6.07, 6.45) is 0. The van der Waals surface area contributed by atoms with Crippen molar-refractivity contribution in [3.8, 4) is 0 Å². The summed E-state index contributed by atoms with van der Waals surface area (Å²) in [5.74, 6) is 0. The minimum atomic E-state index is -0.501. The van der Waals surface area contributed by atoms with Crippen LogP contribution in [0, 0.1) is 0 Å². The van der Waals surface area contributed by atoms with Crippen molar-refractivity contribution in [2.75, 3.05) is 0 Å². The van der Waals surface area contributed by atoms with Crippen molar-refractivity contribution in [3.05, 3.63) is 0 Å². The minimum absolute atomic E-state index is 0.434. The molecular formula is I32. The van der Waals surface area contributed by atoms with E-state index in [1.165, 1.54) is 0 Å². The normalized spacial score (nSPS) is 18.5. The van der Waals surface area contributed by atoms with Crippen LogP contribution in [-0.2, 0) is 0 Å². The summed E-state index contributed by atoms with van der Waals surface area (Å²) in [5, 5.41) is 0. The molecule has 0 aromatic carbocycles. The average molecular weight is 4060 g/mol. The van der Waals surface area contributed by atoms with Crippen LogP contribution in [0.2, 0.25) is 0 Å². The Morgan fingerprint density at radius 1 is 0.156 bits per heavy atom. The molecule has 0 atom stereocenters. The summed E-state index contributed by atoms with van der Waals surface area (Å²) < 4.78 is 0. The van der Waals surface area contributed by atoms with E-state index in [4.69, 9.17) is 0 Å². The van der Waals surface area contributed by atoms with E-state index < -0.39 is 118 Å². The van der Waals surface area contributed by atoms with E-state index in [2.05, 4.69) is 316 Å². The predicted octanol–water partition coefficient (Wildman–Crippen LogP) is 28.3. The molecule has 0 fully saturated rings. The van der Waals surface area contributed by atoms with Crippen molar-refractivity contribution >= 4 is 435 Å². The maximum absolute atomic E-state index is 3.29. The molecule has 0 saturated heterocycles. The van der Waals surface area contributed by atoms with E-state index in [1.54, 1.807) is 0 Å². The van der Waals surface area contributed by atoms with Gasteiger partial charge in [0.05, 0.1) is 0 Å². The van der Waals surface area contributed by atoms with Crippen LogP contribution in [0.1, 0.15) is 0 Å². The Balaban J connectivity index is 5.23. The fourth-order valence-corrected chi connectivity index (χ4v) is 5450. The molecule has 0 aliphatic heterocycles. The second-order valence-corrected chi connectivity index (χ2v) is 733. The molecule has 0 aliphatic carbocycles. The van der Waals surface area contributed by atoms with Crippen LogP contribution in [0.5, 0.6) is 0 Å². The summed E-state index contributed by atoms with van der Waals surface area (Å²) in [6.45, 7) is 0. The van der Waals surface area contributed by atoms with Crippen LogP contribution in [-0.4, -0.2) is 0 Å². The molecule has 32 heavy (non-hydrogen) atoms. The molecule has 0 aromatic heterocycles. The quantitative estimate of drug-likeness (QED) is 0.152. The first-order valence-corrected chi connectivity index (χ1v) is 199. The standard InChI is InChI=1S/I32/c1-18(2)20(5)22(7)24(9)26(11)28(13)30(15)32(17)31(16)29(14)27(12)25(10)23(8)21(6)19(3)4. The zero-order valence-electron chi connectivity index (χ0n) is 12.1. The Labute approximate surface area is 410 Å². The van der Waals surface area contributed by atoms with Crippen LogP contribution in [0.15, 0.2) is 0 Å². The van der Waals surface area contributed by atoms with Crippen LogP contribution in [0.3, 0.4) is 0 Å². The Hall–Kier alpha value is 23.4. The number of hydrogen-bond acceptors (Lipinski definition) is 0. The van der Waals surface area contributed by atoms with E-state index >= 15 is 0 Å². The van der Waals surface area contributed by atoms with Gasteiger partial charge in [-0.3, -0.25) is 0 Å². The number of hydrogen-bond donors (Lipinski definition) is 0.